The number of nitro groups is 1. The zero-order chi connectivity index (χ0) is 15.6. The van der Waals surface area contributed by atoms with Crippen molar-refractivity contribution in [3.05, 3.63) is 55.6 Å². The summed E-state index contributed by atoms with van der Waals surface area (Å²) in [5.41, 5.74) is 6.49. The number of carbonyl (C=O) groups is 1. The molecule has 0 aliphatic carbocycles. The molecule has 21 heavy (non-hydrogen) atoms. The zero-order valence-electron chi connectivity index (χ0n) is 10.5. The van der Waals surface area contributed by atoms with Gasteiger partial charge in [0.05, 0.1) is 22.7 Å². The number of non-ortho nitro benzene ring substituents is 1. The van der Waals surface area contributed by atoms with E-state index in [4.69, 9.17) is 29.6 Å². The van der Waals surface area contributed by atoms with Crippen LogP contribution in [0.2, 0.25) is 5.15 Å². The number of H-pyrrole nitrogens is 1. The number of halogens is 1. The van der Waals surface area contributed by atoms with Crippen LogP contribution in [0.5, 0.6) is 0 Å². The number of anilines is 1. The van der Waals surface area contributed by atoms with Gasteiger partial charge in [0, 0.05) is 17.7 Å². The summed E-state index contributed by atoms with van der Waals surface area (Å²) in [5, 5.41) is 10.6. The van der Waals surface area contributed by atoms with Crippen LogP contribution < -0.4 is 5.73 Å². The van der Waals surface area contributed by atoms with Gasteiger partial charge in [0.2, 0.25) is 0 Å². The quantitative estimate of drug-likeness (QED) is 0.294. The van der Waals surface area contributed by atoms with Crippen molar-refractivity contribution < 1.29 is 9.72 Å². The van der Waals surface area contributed by atoms with Crippen LogP contribution in [0.15, 0.2) is 24.3 Å². The predicted octanol–water partition coefficient (Wildman–Crippen LogP) is 2.71. The smallest absolute Gasteiger partial charge is 0.269 e. The van der Waals surface area contributed by atoms with E-state index in [2.05, 4.69) is 9.97 Å². The van der Waals surface area contributed by atoms with E-state index in [-0.39, 0.29) is 33.5 Å². The van der Waals surface area contributed by atoms with E-state index >= 15 is 0 Å². The Kier molecular flexibility index (Phi) is 4.29. The Morgan fingerprint density at radius 2 is 2.05 bits per heavy atom. The highest BCUT2D eigenvalue weighted by Crippen LogP contribution is 2.20. The van der Waals surface area contributed by atoms with E-state index in [1.165, 1.54) is 24.3 Å². The SMILES string of the molecule is Nc1c(Cl)nc(=S)[nH]c1CC(=O)c1ccc([N+](=O)[O-])cc1. The molecule has 1 aromatic heterocycles. The first kappa shape index (κ1) is 15.1. The molecule has 0 bridgehead atoms. The fourth-order valence-corrected chi connectivity index (χ4v) is 2.13. The molecule has 2 aromatic rings. The van der Waals surface area contributed by atoms with Gasteiger partial charge in [0.25, 0.3) is 5.69 Å². The highest BCUT2D eigenvalue weighted by atomic mass is 35.5. The molecule has 0 radical (unpaired) electrons. The van der Waals surface area contributed by atoms with E-state index < -0.39 is 4.92 Å². The summed E-state index contributed by atoms with van der Waals surface area (Å²) in [7, 11) is 0. The van der Waals surface area contributed by atoms with E-state index in [1.807, 2.05) is 0 Å². The van der Waals surface area contributed by atoms with Crippen LogP contribution >= 0.6 is 23.8 Å². The Morgan fingerprint density at radius 1 is 1.43 bits per heavy atom. The Bertz CT molecular complexity index is 773. The summed E-state index contributed by atoms with van der Waals surface area (Å²) < 4.78 is 0.126. The molecule has 0 saturated carbocycles. The van der Waals surface area contributed by atoms with Crippen molar-refractivity contribution in [2.45, 2.75) is 6.42 Å². The Morgan fingerprint density at radius 3 is 2.62 bits per heavy atom. The molecule has 1 heterocycles. The van der Waals surface area contributed by atoms with Crippen LogP contribution in [0.4, 0.5) is 11.4 Å². The van der Waals surface area contributed by atoms with Gasteiger partial charge in [0.1, 0.15) is 0 Å². The van der Waals surface area contributed by atoms with Gasteiger partial charge in [-0.3, -0.25) is 14.9 Å². The Hall–Kier alpha value is -2.32. The summed E-state index contributed by atoms with van der Waals surface area (Å²) in [4.78, 5) is 28.6. The lowest BCUT2D eigenvalue weighted by Gasteiger charge is -2.06. The standard InChI is InChI=1S/C12H9ClN4O3S/c13-11-10(14)8(15-12(21)16-11)5-9(18)6-1-3-7(4-2-6)17(19)20/h1-4H,5,14H2,(H,15,16,21). The Labute approximate surface area is 128 Å². The van der Waals surface area contributed by atoms with E-state index in [0.29, 0.717) is 11.3 Å². The third-order valence-electron chi connectivity index (χ3n) is 2.74. The maximum atomic E-state index is 12.1. The largest absolute Gasteiger partial charge is 0.395 e. The molecule has 2 rings (SSSR count). The number of hydrogen-bond acceptors (Lipinski definition) is 6. The number of nitrogens with two attached hydrogens (primary N) is 1. The molecule has 0 atom stereocenters. The number of nitrogen functional groups attached to an aromatic ring is 1. The van der Waals surface area contributed by atoms with Gasteiger partial charge in [0.15, 0.2) is 15.7 Å². The number of aromatic amines is 1. The number of nitrogens with zero attached hydrogens (tertiary/aromatic N) is 2. The third kappa shape index (κ3) is 3.41. The minimum absolute atomic E-state index is 0.0326. The number of benzene rings is 1. The summed E-state index contributed by atoms with van der Waals surface area (Å²) in [6.45, 7) is 0. The second kappa shape index (κ2) is 5.98. The van der Waals surface area contributed by atoms with Crippen molar-refractivity contribution >= 4 is 41.0 Å². The first-order valence-electron chi connectivity index (χ1n) is 5.70. The first-order chi connectivity index (χ1) is 9.88. The van der Waals surface area contributed by atoms with Crippen LogP contribution in [0.1, 0.15) is 16.1 Å². The molecule has 3 N–H and O–H groups in total. The van der Waals surface area contributed by atoms with Crippen molar-refractivity contribution in [1.82, 2.24) is 9.97 Å². The van der Waals surface area contributed by atoms with Gasteiger partial charge >= 0.3 is 0 Å². The van der Waals surface area contributed by atoms with Crippen molar-refractivity contribution in [3.8, 4) is 0 Å². The summed E-state index contributed by atoms with van der Waals surface area (Å²) >= 11 is 10.7. The van der Waals surface area contributed by atoms with Crippen molar-refractivity contribution in [2.75, 3.05) is 5.73 Å². The van der Waals surface area contributed by atoms with Crippen LogP contribution in [0, 0.1) is 14.9 Å². The monoisotopic (exact) mass is 324 g/mol. The number of ketones is 1. The van der Waals surface area contributed by atoms with Gasteiger partial charge in [-0.05, 0) is 24.4 Å². The maximum Gasteiger partial charge on any atom is 0.269 e. The van der Waals surface area contributed by atoms with Crippen LogP contribution in [0.3, 0.4) is 0 Å². The summed E-state index contributed by atoms with van der Waals surface area (Å²) in [6.07, 6.45) is -0.0600. The Balaban J connectivity index is 2.26. The number of carbonyl (C=O) groups excluding carboxylic acids is 1. The van der Waals surface area contributed by atoms with Gasteiger partial charge in [-0.25, -0.2) is 4.98 Å². The minimum Gasteiger partial charge on any atom is -0.395 e. The molecule has 0 fully saturated rings. The molecule has 9 heteroatoms. The second-order valence-corrected chi connectivity index (χ2v) is 4.87. The van der Waals surface area contributed by atoms with Gasteiger partial charge in [-0.1, -0.05) is 11.6 Å². The topological polar surface area (TPSA) is 115 Å². The van der Waals surface area contributed by atoms with Crippen LogP contribution in [0.25, 0.3) is 0 Å². The van der Waals surface area contributed by atoms with Crippen LogP contribution in [-0.4, -0.2) is 20.7 Å². The van der Waals surface area contributed by atoms with E-state index in [9.17, 15) is 14.9 Å². The normalized spacial score (nSPS) is 10.3. The number of nitro benzene ring substituents is 1. The van der Waals surface area contributed by atoms with E-state index in [1.54, 1.807) is 0 Å². The molecular weight excluding hydrogens is 316 g/mol. The average Bonchev–Trinajstić information content (AvgIpc) is 2.44. The molecule has 0 aliphatic rings. The van der Waals surface area contributed by atoms with Crippen LogP contribution in [-0.2, 0) is 6.42 Å². The predicted molar refractivity (Wildman–Crippen MR) is 80.0 cm³/mol. The summed E-state index contributed by atoms with van der Waals surface area (Å²) in [6, 6.07) is 5.29. The lowest BCUT2D eigenvalue weighted by atomic mass is 10.1. The molecule has 1 aromatic carbocycles. The number of nitrogens with one attached hydrogen (secondary N) is 1. The number of aromatic nitrogens is 2. The van der Waals surface area contributed by atoms with E-state index in [0.717, 1.165) is 0 Å². The molecule has 0 aliphatic heterocycles. The zero-order valence-corrected chi connectivity index (χ0v) is 12.1. The van der Waals surface area contributed by atoms with Crippen molar-refractivity contribution in [2.24, 2.45) is 0 Å². The highest BCUT2D eigenvalue weighted by Gasteiger charge is 2.14. The first-order valence-corrected chi connectivity index (χ1v) is 6.49. The van der Waals surface area contributed by atoms with Gasteiger partial charge in [-0.15, -0.1) is 0 Å². The molecule has 0 spiro atoms. The highest BCUT2D eigenvalue weighted by molar-refractivity contribution is 7.71. The lowest BCUT2D eigenvalue weighted by Crippen LogP contribution is -2.09. The minimum atomic E-state index is -0.536. The molecule has 0 saturated heterocycles. The molecular formula is C12H9ClN4O3S. The maximum absolute atomic E-state index is 12.1. The number of rotatable bonds is 4. The fraction of sp³-hybridized carbons (Fsp3) is 0.0833. The number of Topliss-reactive ketones (excluding diaryl/α,β-unsaturated/α-hetero) is 1. The van der Waals surface area contributed by atoms with Crippen molar-refractivity contribution in [1.29, 1.82) is 0 Å². The van der Waals surface area contributed by atoms with Gasteiger partial charge < -0.3 is 10.7 Å². The van der Waals surface area contributed by atoms with Gasteiger partial charge in [-0.2, -0.15) is 0 Å². The third-order valence-corrected chi connectivity index (χ3v) is 3.22. The molecule has 108 valence electrons. The lowest BCUT2D eigenvalue weighted by molar-refractivity contribution is -0.384. The second-order valence-electron chi connectivity index (χ2n) is 4.13. The fourth-order valence-electron chi connectivity index (χ4n) is 1.67. The number of hydrogen-bond donors (Lipinski definition) is 2. The average molecular weight is 325 g/mol. The molecule has 0 unspecified atom stereocenters. The van der Waals surface area contributed by atoms with Crippen molar-refractivity contribution in [3.63, 3.8) is 0 Å². The molecule has 0 amide bonds. The summed E-state index contributed by atoms with van der Waals surface area (Å²) in [5.74, 6) is -0.274. The molecule has 7 nitrogen and oxygen atoms in total.